The maximum atomic E-state index is 13.1. The lowest BCUT2D eigenvalue weighted by molar-refractivity contribution is 0.0938. The minimum atomic E-state index is -3.83. The van der Waals surface area contributed by atoms with Crippen LogP contribution in [0.25, 0.3) is 0 Å². The number of carbonyl (C=O) groups excluding carboxylic acids is 1. The van der Waals surface area contributed by atoms with E-state index in [-0.39, 0.29) is 23.5 Å². The quantitative estimate of drug-likeness (QED) is 0.246. The number of methoxy groups -OCH3 is 2. The Balaban J connectivity index is 1.66. The van der Waals surface area contributed by atoms with Gasteiger partial charge in [0.05, 0.1) is 31.3 Å². The van der Waals surface area contributed by atoms with Gasteiger partial charge in [-0.15, -0.1) is 6.58 Å². The van der Waals surface area contributed by atoms with Crippen LogP contribution in [0.1, 0.15) is 40.7 Å². The van der Waals surface area contributed by atoms with E-state index in [1.165, 1.54) is 20.3 Å². The molecule has 2 aromatic rings. The third-order valence-corrected chi connectivity index (χ3v) is 7.83. The predicted octanol–water partition coefficient (Wildman–Crippen LogP) is 3.73. The zero-order chi connectivity index (χ0) is 26.1. The molecular formula is C27H36N2O6S. The molecule has 2 aromatic carbocycles. The number of benzene rings is 2. The third-order valence-electron chi connectivity index (χ3n) is 6.36. The molecule has 196 valence electrons. The van der Waals surface area contributed by atoms with Crippen LogP contribution in [0.4, 0.5) is 0 Å². The molecule has 1 aliphatic rings. The molecule has 1 atom stereocenters. The van der Waals surface area contributed by atoms with Gasteiger partial charge < -0.3 is 14.8 Å². The molecule has 1 heterocycles. The Labute approximate surface area is 214 Å². The smallest absolute Gasteiger partial charge is 0.297 e. The Morgan fingerprint density at radius 3 is 2.69 bits per heavy atom. The van der Waals surface area contributed by atoms with E-state index in [0.29, 0.717) is 42.0 Å². The van der Waals surface area contributed by atoms with Crippen molar-refractivity contribution < 1.29 is 26.9 Å². The van der Waals surface area contributed by atoms with E-state index in [0.717, 1.165) is 31.5 Å². The van der Waals surface area contributed by atoms with Crippen LogP contribution in [-0.4, -0.2) is 65.7 Å². The first-order valence-electron chi connectivity index (χ1n) is 12.1. The van der Waals surface area contributed by atoms with E-state index in [1.807, 2.05) is 6.08 Å². The Bertz CT molecular complexity index is 1160. The van der Waals surface area contributed by atoms with Gasteiger partial charge in [-0.3, -0.25) is 13.9 Å². The van der Waals surface area contributed by atoms with Crippen molar-refractivity contribution in [2.75, 3.05) is 40.5 Å². The van der Waals surface area contributed by atoms with Crippen LogP contribution in [0.15, 0.2) is 53.9 Å². The Kier molecular flexibility index (Phi) is 9.92. The van der Waals surface area contributed by atoms with E-state index in [1.54, 1.807) is 37.3 Å². The van der Waals surface area contributed by atoms with E-state index in [9.17, 15) is 13.2 Å². The summed E-state index contributed by atoms with van der Waals surface area (Å²) in [5.41, 5.74) is 1.84. The number of amides is 1. The maximum absolute atomic E-state index is 13.1. The fourth-order valence-electron chi connectivity index (χ4n) is 4.52. The SMILES string of the molecule is C=CCN1CCC[C@H]1CNC(=O)c1cc(CCCOS(=O)(=O)c2ccccc2C)cc(OC)c1OC. The fraction of sp³-hybridized carbons (Fsp3) is 0.444. The van der Waals surface area contributed by atoms with Gasteiger partial charge in [0, 0.05) is 19.1 Å². The summed E-state index contributed by atoms with van der Waals surface area (Å²) < 4.78 is 41.2. The first-order valence-corrected chi connectivity index (χ1v) is 13.5. The average Bonchev–Trinajstić information content (AvgIpc) is 3.31. The highest BCUT2D eigenvalue weighted by Crippen LogP contribution is 2.33. The van der Waals surface area contributed by atoms with Crippen LogP contribution >= 0.6 is 0 Å². The topological polar surface area (TPSA) is 94.2 Å². The van der Waals surface area contributed by atoms with Crippen molar-refractivity contribution in [3.63, 3.8) is 0 Å². The molecule has 8 nitrogen and oxygen atoms in total. The van der Waals surface area contributed by atoms with Crippen LogP contribution < -0.4 is 14.8 Å². The van der Waals surface area contributed by atoms with Gasteiger partial charge in [-0.05, 0) is 68.5 Å². The summed E-state index contributed by atoms with van der Waals surface area (Å²) in [6.07, 6.45) is 4.95. The van der Waals surface area contributed by atoms with E-state index in [4.69, 9.17) is 13.7 Å². The number of rotatable bonds is 13. The van der Waals surface area contributed by atoms with Gasteiger partial charge in [0.2, 0.25) is 0 Å². The second-order valence-electron chi connectivity index (χ2n) is 8.81. The zero-order valence-electron chi connectivity index (χ0n) is 21.3. The Hall–Kier alpha value is -2.88. The molecule has 0 spiro atoms. The van der Waals surface area contributed by atoms with Crippen molar-refractivity contribution in [1.29, 1.82) is 0 Å². The van der Waals surface area contributed by atoms with E-state index in [2.05, 4.69) is 16.8 Å². The van der Waals surface area contributed by atoms with E-state index >= 15 is 0 Å². The number of nitrogens with zero attached hydrogens (tertiary/aromatic N) is 1. The zero-order valence-corrected chi connectivity index (χ0v) is 22.1. The summed E-state index contributed by atoms with van der Waals surface area (Å²) in [5.74, 6) is 0.574. The van der Waals surface area contributed by atoms with Crippen LogP contribution in [-0.2, 0) is 20.7 Å². The molecule has 0 unspecified atom stereocenters. The molecule has 0 aromatic heterocycles. The minimum Gasteiger partial charge on any atom is -0.493 e. The average molecular weight is 517 g/mol. The molecule has 0 bridgehead atoms. The van der Waals surface area contributed by atoms with Crippen molar-refractivity contribution in [2.45, 2.75) is 43.5 Å². The molecule has 0 saturated carbocycles. The Morgan fingerprint density at radius 2 is 2.00 bits per heavy atom. The third kappa shape index (κ3) is 6.87. The first-order chi connectivity index (χ1) is 17.3. The van der Waals surface area contributed by atoms with Crippen molar-refractivity contribution in [3.8, 4) is 11.5 Å². The van der Waals surface area contributed by atoms with Gasteiger partial charge in [-0.1, -0.05) is 24.3 Å². The van der Waals surface area contributed by atoms with Crippen molar-refractivity contribution >= 4 is 16.0 Å². The number of carbonyl (C=O) groups is 1. The second kappa shape index (κ2) is 12.9. The standard InChI is InChI=1S/C27H36N2O6S/c1-5-14-29-15-8-12-22(29)19-28-27(30)23-17-21(18-24(33-3)26(23)34-4)11-9-16-35-36(31,32)25-13-7-6-10-20(25)2/h5-7,10,13,17-18,22H,1,8-9,11-12,14-16,19H2,2-4H3,(H,28,30)/t22-/m0/s1. The number of nitrogens with one attached hydrogen (secondary N) is 1. The lowest BCUT2D eigenvalue weighted by Crippen LogP contribution is -2.40. The summed E-state index contributed by atoms with van der Waals surface area (Å²) in [7, 11) is -0.812. The van der Waals surface area contributed by atoms with Crippen LogP contribution in [0, 0.1) is 6.92 Å². The van der Waals surface area contributed by atoms with Gasteiger partial charge in [0.15, 0.2) is 11.5 Å². The Morgan fingerprint density at radius 1 is 1.22 bits per heavy atom. The molecule has 1 fully saturated rings. The summed E-state index contributed by atoms with van der Waals surface area (Å²) in [5, 5.41) is 3.04. The first kappa shape index (κ1) is 27.7. The second-order valence-corrected chi connectivity index (χ2v) is 10.4. The minimum absolute atomic E-state index is 0.0212. The van der Waals surface area contributed by atoms with Crippen LogP contribution in [0.2, 0.25) is 0 Å². The summed E-state index contributed by atoms with van der Waals surface area (Å²) in [4.78, 5) is 15.6. The predicted molar refractivity (Wildman–Crippen MR) is 139 cm³/mol. The van der Waals surface area contributed by atoms with E-state index < -0.39 is 10.1 Å². The number of ether oxygens (including phenoxy) is 2. The normalized spacial score (nSPS) is 16.0. The van der Waals surface area contributed by atoms with Crippen molar-refractivity contribution in [3.05, 3.63) is 65.7 Å². The number of hydrogen-bond donors (Lipinski definition) is 1. The molecule has 1 N–H and O–H groups in total. The van der Waals surface area contributed by atoms with Crippen molar-refractivity contribution in [1.82, 2.24) is 10.2 Å². The highest BCUT2D eigenvalue weighted by atomic mass is 32.2. The van der Waals surface area contributed by atoms with Gasteiger partial charge in [-0.2, -0.15) is 8.42 Å². The molecule has 1 amide bonds. The number of likely N-dealkylation sites (tertiary alicyclic amines) is 1. The summed E-state index contributed by atoms with van der Waals surface area (Å²) in [6, 6.07) is 10.6. The molecular weight excluding hydrogens is 480 g/mol. The van der Waals surface area contributed by atoms with Gasteiger partial charge >= 0.3 is 0 Å². The maximum Gasteiger partial charge on any atom is 0.297 e. The summed E-state index contributed by atoms with van der Waals surface area (Å²) in [6.45, 7) is 7.90. The van der Waals surface area contributed by atoms with Crippen molar-refractivity contribution in [2.24, 2.45) is 0 Å². The molecule has 0 radical (unpaired) electrons. The lowest BCUT2D eigenvalue weighted by atomic mass is 10.0. The molecule has 1 aliphatic heterocycles. The van der Waals surface area contributed by atoms with Crippen LogP contribution in [0.5, 0.6) is 11.5 Å². The lowest BCUT2D eigenvalue weighted by Gasteiger charge is -2.23. The van der Waals surface area contributed by atoms with Crippen LogP contribution in [0.3, 0.4) is 0 Å². The highest BCUT2D eigenvalue weighted by Gasteiger charge is 2.25. The molecule has 0 aliphatic carbocycles. The van der Waals surface area contributed by atoms with Gasteiger partial charge in [-0.25, -0.2) is 0 Å². The fourth-order valence-corrected chi connectivity index (χ4v) is 5.69. The summed E-state index contributed by atoms with van der Waals surface area (Å²) >= 11 is 0. The molecule has 36 heavy (non-hydrogen) atoms. The molecule has 9 heteroatoms. The molecule has 3 rings (SSSR count). The molecule has 1 saturated heterocycles. The largest absolute Gasteiger partial charge is 0.493 e. The highest BCUT2D eigenvalue weighted by molar-refractivity contribution is 7.86. The van der Waals surface area contributed by atoms with Gasteiger partial charge in [0.1, 0.15) is 0 Å². The van der Waals surface area contributed by atoms with Gasteiger partial charge in [0.25, 0.3) is 16.0 Å². The number of aryl methyl sites for hydroxylation is 2. The monoisotopic (exact) mass is 516 g/mol. The number of hydrogen-bond acceptors (Lipinski definition) is 7.